The molecule has 0 N–H and O–H groups in total. The number of hydrogen-bond acceptors (Lipinski definition) is 3. The van der Waals surface area contributed by atoms with Crippen molar-refractivity contribution in [3.8, 4) is 11.3 Å². The third-order valence-electron chi connectivity index (χ3n) is 6.11. The highest BCUT2D eigenvalue weighted by molar-refractivity contribution is 5.86. The van der Waals surface area contributed by atoms with Gasteiger partial charge in [-0.2, -0.15) is 0 Å². The zero-order chi connectivity index (χ0) is 21.8. The van der Waals surface area contributed by atoms with Gasteiger partial charge in [0.2, 0.25) is 11.6 Å². The van der Waals surface area contributed by atoms with Gasteiger partial charge in [-0.3, -0.25) is 4.40 Å². The van der Waals surface area contributed by atoms with E-state index in [0.29, 0.717) is 5.82 Å². The molecule has 7 heteroatoms. The van der Waals surface area contributed by atoms with Gasteiger partial charge in [0, 0.05) is 17.7 Å². The van der Waals surface area contributed by atoms with Crippen molar-refractivity contribution in [2.24, 2.45) is 31.4 Å². The van der Waals surface area contributed by atoms with Crippen LogP contribution in [0.15, 0.2) is 89.1 Å². The average Bonchev–Trinajstić information content (AvgIpc) is 3.43. The Bertz CT molecular complexity index is 1610. The van der Waals surface area contributed by atoms with Crippen LogP contribution < -0.4 is 4.57 Å². The molecule has 6 rings (SSSR count). The summed E-state index contributed by atoms with van der Waals surface area (Å²) < 4.78 is 8.30. The van der Waals surface area contributed by atoms with Crippen LogP contribution in [0.3, 0.4) is 0 Å². The molecule has 0 radical (unpaired) electrons. The van der Waals surface area contributed by atoms with E-state index in [1.807, 2.05) is 63.6 Å². The molecule has 0 aliphatic heterocycles. The van der Waals surface area contributed by atoms with Crippen LogP contribution in [0.4, 0.5) is 11.8 Å². The first-order valence-electron chi connectivity index (χ1n) is 10.5. The fourth-order valence-corrected chi connectivity index (χ4v) is 4.47. The summed E-state index contributed by atoms with van der Waals surface area (Å²) in [7, 11) is 6.06. The Hall–Kier alpha value is -4.26. The molecule has 6 aromatic rings. The van der Waals surface area contributed by atoms with Gasteiger partial charge in [0.25, 0.3) is 0 Å². The molecule has 0 aliphatic rings. The molecule has 0 unspecified atom stereocenters. The van der Waals surface area contributed by atoms with Crippen LogP contribution in [0.25, 0.3) is 39.1 Å². The van der Waals surface area contributed by atoms with Crippen molar-refractivity contribution in [3.63, 3.8) is 0 Å². The highest BCUT2D eigenvalue weighted by atomic mass is 15.3. The van der Waals surface area contributed by atoms with E-state index in [0.717, 1.165) is 45.1 Å². The minimum absolute atomic E-state index is 0.716. The number of benzene rings is 3. The molecule has 0 saturated carbocycles. The van der Waals surface area contributed by atoms with E-state index in [1.165, 1.54) is 0 Å². The van der Waals surface area contributed by atoms with Crippen molar-refractivity contribution in [2.45, 2.75) is 0 Å². The quantitative estimate of drug-likeness (QED) is 0.286. The lowest BCUT2D eigenvalue weighted by atomic mass is 10.1. The Balaban J connectivity index is 1.64. The van der Waals surface area contributed by atoms with Crippen molar-refractivity contribution in [1.29, 1.82) is 0 Å². The van der Waals surface area contributed by atoms with Crippen LogP contribution in [0.5, 0.6) is 0 Å². The summed E-state index contributed by atoms with van der Waals surface area (Å²) in [6, 6.07) is 26.7. The fraction of sp³-hybridized carbons (Fsp3) is 0.120. The van der Waals surface area contributed by atoms with Crippen LogP contribution in [0.2, 0.25) is 0 Å². The third kappa shape index (κ3) is 2.54. The molecule has 0 atom stereocenters. The Labute approximate surface area is 184 Å². The third-order valence-corrected chi connectivity index (χ3v) is 6.11. The smallest absolute Gasteiger partial charge is 0.313 e. The number of para-hydroxylation sites is 4. The summed E-state index contributed by atoms with van der Waals surface area (Å²) in [4.78, 5) is 4.98. The van der Waals surface area contributed by atoms with Gasteiger partial charge in [0.1, 0.15) is 16.7 Å². The van der Waals surface area contributed by atoms with Gasteiger partial charge in [-0.1, -0.05) is 54.6 Å². The summed E-state index contributed by atoms with van der Waals surface area (Å²) in [5, 5.41) is 9.51. The molecule has 0 spiro atoms. The minimum atomic E-state index is 0.716. The van der Waals surface area contributed by atoms with Crippen LogP contribution >= 0.6 is 0 Å². The second-order valence-electron chi connectivity index (χ2n) is 7.94. The maximum Gasteiger partial charge on any atom is 0.422 e. The number of nitrogens with zero attached hydrogens (tertiary/aromatic N) is 7. The fourth-order valence-electron chi connectivity index (χ4n) is 4.47. The molecule has 7 nitrogen and oxygen atoms in total. The van der Waals surface area contributed by atoms with Gasteiger partial charge in [0.05, 0.1) is 25.1 Å². The molecule has 0 saturated heterocycles. The lowest BCUT2D eigenvalue weighted by Crippen LogP contribution is -2.26. The summed E-state index contributed by atoms with van der Waals surface area (Å²) in [6.45, 7) is 0. The molecular weight excluding hydrogens is 398 g/mol. The van der Waals surface area contributed by atoms with E-state index in [-0.39, 0.29) is 0 Å². The van der Waals surface area contributed by atoms with Crippen LogP contribution in [-0.4, -0.2) is 18.5 Å². The second-order valence-corrected chi connectivity index (χ2v) is 7.94. The van der Waals surface area contributed by atoms with Crippen LogP contribution in [0, 0.1) is 0 Å². The van der Waals surface area contributed by atoms with Crippen molar-refractivity contribution in [1.82, 2.24) is 18.5 Å². The van der Waals surface area contributed by atoms with Crippen LogP contribution in [-0.2, 0) is 21.1 Å². The molecule has 0 bridgehead atoms. The molecule has 32 heavy (non-hydrogen) atoms. The zero-order valence-corrected chi connectivity index (χ0v) is 18.1. The number of rotatable bonds is 3. The highest BCUT2D eigenvalue weighted by Gasteiger charge is 2.23. The largest absolute Gasteiger partial charge is 0.422 e. The standard InChI is InChI=1S/C25H22N7/c1-29-20-15-9-10-16-21(20)32-23(22(26-24(29)32)17-11-5-4-6-12-17)27-28-25-30(2)18-13-7-8-14-19(18)31(25)3/h4-16H,1-3H3/q+1. The number of fused-ring (bicyclic) bond motifs is 4. The van der Waals surface area contributed by atoms with Gasteiger partial charge in [-0.05, 0) is 29.4 Å². The van der Waals surface area contributed by atoms with Crippen molar-refractivity contribution in [3.05, 3.63) is 78.9 Å². The van der Waals surface area contributed by atoms with E-state index in [9.17, 15) is 0 Å². The Kier molecular flexibility index (Phi) is 3.98. The van der Waals surface area contributed by atoms with E-state index < -0.39 is 0 Å². The minimum Gasteiger partial charge on any atom is -0.313 e. The Morgan fingerprint density at radius 1 is 0.719 bits per heavy atom. The van der Waals surface area contributed by atoms with Gasteiger partial charge >= 0.3 is 5.95 Å². The van der Waals surface area contributed by atoms with Gasteiger partial charge in [-0.25, -0.2) is 14.1 Å². The zero-order valence-electron chi connectivity index (χ0n) is 18.1. The van der Waals surface area contributed by atoms with E-state index >= 15 is 0 Å². The number of aryl methyl sites for hydroxylation is 3. The predicted molar refractivity (Wildman–Crippen MR) is 125 cm³/mol. The Morgan fingerprint density at radius 2 is 1.38 bits per heavy atom. The molecule has 0 aliphatic carbocycles. The Morgan fingerprint density at radius 3 is 2.12 bits per heavy atom. The summed E-state index contributed by atoms with van der Waals surface area (Å²) in [5.41, 5.74) is 6.19. The molecule has 0 fully saturated rings. The maximum atomic E-state index is 4.98. The average molecular weight is 421 g/mol. The molecule has 3 heterocycles. The lowest BCUT2D eigenvalue weighted by Gasteiger charge is -1.99. The second kappa shape index (κ2) is 6.88. The SMILES string of the molecule is Cn1c(/N=N/c2c(-c3ccccc3)nc3n(C)c4ccccc4n23)[n+](C)c2ccccc21. The van der Waals surface area contributed by atoms with E-state index in [4.69, 9.17) is 15.2 Å². The summed E-state index contributed by atoms with van der Waals surface area (Å²) in [5.74, 6) is 2.31. The van der Waals surface area contributed by atoms with Gasteiger partial charge in [-0.15, -0.1) is 0 Å². The van der Waals surface area contributed by atoms with Crippen molar-refractivity contribution < 1.29 is 4.57 Å². The maximum absolute atomic E-state index is 4.98. The molecule has 3 aromatic heterocycles. The topological polar surface area (TPSA) is 55.8 Å². The highest BCUT2D eigenvalue weighted by Crippen LogP contribution is 2.35. The van der Waals surface area contributed by atoms with Gasteiger partial charge < -0.3 is 4.57 Å². The number of imidazole rings is 3. The van der Waals surface area contributed by atoms with Crippen LogP contribution in [0.1, 0.15) is 0 Å². The molecule has 0 amide bonds. The summed E-state index contributed by atoms with van der Waals surface area (Å²) in [6.07, 6.45) is 0. The first-order chi connectivity index (χ1) is 15.6. The van der Waals surface area contributed by atoms with E-state index in [1.54, 1.807) is 0 Å². The number of hydrogen-bond donors (Lipinski definition) is 0. The molecule has 156 valence electrons. The summed E-state index contributed by atoms with van der Waals surface area (Å²) >= 11 is 0. The monoisotopic (exact) mass is 420 g/mol. The normalized spacial score (nSPS) is 12.1. The lowest BCUT2D eigenvalue weighted by molar-refractivity contribution is -0.632. The first kappa shape index (κ1) is 18.5. The first-order valence-corrected chi connectivity index (χ1v) is 10.5. The van der Waals surface area contributed by atoms with Gasteiger partial charge in [0.15, 0.2) is 0 Å². The molecular formula is C25H22N7+. The number of azo groups is 1. The predicted octanol–water partition coefficient (Wildman–Crippen LogP) is 5.22. The van der Waals surface area contributed by atoms with E-state index in [2.05, 4.69) is 54.5 Å². The molecule has 3 aromatic carbocycles. The van der Waals surface area contributed by atoms with Crippen molar-refractivity contribution >= 4 is 39.6 Å². The van der Waals surface area contributed by atoms with Crippen molar-refractivity contribution in [2.75, 3.05) is 0 Å². The number of aromatic nitrogens is 5.